The second-order valence-corrected chi connectivity index (χ2v) is 8.73. The minimum atomic E-state index is -0.175. The first-order valence-corrected chi connectivity index (χ1v) is 10.5. The van der Waals surface area contributed by atoms with Gasteiger partial charge in [-0.3, -0.25) is 9.69 Å². The van der Waals surface area contributed by atoms with Crippen LogP contribution in [-0.4, -0.2) is 36.0 Å². The highest BCUT2D eigenvalue weighted by molar-refractivity contribution is 9.10. The average molecular weight is 479 g/mol. The van der Waals surface area contributed by atoms with Gasteiger partial charge in [0.1, 0.15) is 0 Å². The summed E-state index contributed by atoms with van der Waals surface area (Å²) in [5.74, 6) is 0.233. The third-order valence-corrected chi connectivity index (χ3v) is 6.07. The van der Waals surface area contributed by atoms with E-state index < -0.39 is 0 Å². The number of rotatable bonds is 5. The van der Waals surface area contributed by atoms with Crippen LogP contribution < -0.4 is 14.5 Å². The molecule has 2 aromatic carbocycles. The molecule has 1 fully saturated rings. The second-order valence-electron chi connectivity index (χ2n) is 6.20. The fourth-order valence-corrected chi connectivity index (χ4v) is 4.41. The molecule has 0 radical (unpaired) electrons. The monoisotopic (exact) mass is 478 g/mol. The Hall–Kier alpha value is -2.03. The van der Waals surface area contributed by atoms with Crippen LogP contribution in [0.3, 0.4) is 0 Å². The molecule has 0 saturated carbocycles. The van der Waals surface area contributed by atoms with Crippen LogP contribution in [0.15, 0.2) is 45.8 Å². The number of carbonyl (C=O) groups is 1. The summed E-state index contributed by atoms with van der Waals surface area (Å²) < 4.78 is 6.58. The highest BCUT2D eigenvalue weighted by Gasteiger charge is 2.33. The molecule has 3 rings (SSSR count). The van der Waals surface area contributed by atoms with Crippen molar-refractivity contribution >= 4 is 67.6 Å². The van der Waals surface area contributed by atoms with Crippen LogP contribution in [-0.2, 0) is 4.79 Å². The van der Waals surface area contributed by atoms with Crippen molar-refractivity contribution in [2.24, 2.45) is 0 Å². The number of amides is 1. The molecule has 1 saturated heterocycles. The number of ether oxygens (including phenoxy) is 1. The number of thioether (sulfide) groups is 1. The third-order valence-electron chi connectivity index (χ3n) is 4.08. The first-order chi connectivity index (χ1) is 13.3. The van der Waals surface area contributed by atoms with Gasteiger partial charge in [-0.25, -0.2) is 0 Å². The maximum absolute atomic E-state index is 13.0. The van der Waals surface area contributed by atoms with Crippen molar-refractivity contribution in [3.05, 3.63) is 51.3 Å². The molecule has 8 heteroatoms. The van der Waals surface area contributed by atoms with E-state index >= 15 is 0 Å². The van der Waals surface area contributed by atoms with Gasteiger partial charge in [0.15, 0.2) is 15.8 Å². The van der Waals surface area contributed by atoms with Crippen molar-refractivity contribution in [3.8, 4) is 11.5 Å². The Morgan fingerprint density at radius 3 is 2.57 bits per heavy atom. The highest BCUT2D eigenvalue weighted by Crippen LogP contribution is 2.39. The lowest BCUT2D eigenvalue weighted by Crippen LogP contribution is -2.27. The van der Waals surface area contributed by atoms with Crippen LogP contribution in [0.5, 0.6) is 11.5 Å². The lowest BCUT2D eigenvalue weighted by Gasteiger charge is -2.17. The van der Waals surface area contributed by atoms with Gasteiger partial charge in [0, 0.05) is 24.3 Å². The van der Waals surface area contributed by atoms with Crippen molar-refractivity contribution in [2.75, 3.05) is 30.5 Å². The van der Waals surface area contributed by atoms with Crippen molar-refractivity contribution in [3.63, 3.8) is 0 Å². The van der Waals surface area contributed by atoms with Gasteiger partial charge in [0.25, 0.3) is 5.91 Å². The summed E-state index contributed by atoms with van der Waals surface area (Å²) in [5.41, 5.74) is 2.50. The van der Waals surface area contributed by atoms with Crippen LogP contribution in [0.25, 0.3) is 6.08 Å². The van der Waals surface area contributed by atoms with E-state index in [4.69, 9.17) is 17.0 Å². The van der Waals surface area contributed by atoms with Crippen LogP contribution in [0.4, 0.5) is 11.4 Å². The van der Waals surface area contributed by atoms with Gasteiger partial charge in [0.2, 0.25) is 0 Å². The van der Waals surface area contributed by atoms with Gasteiger partial charge >= 0.3 is 0 Å². The Bertz CT molecular complexity index is 959. The SMILES string of the molecule is CCOc1cc(C=C2SC(=S)N(c3ccc(N(C)C)cc3)C2=O)c(Br)cc1O. The van der Waals surface area contributed by atoms with Gasteiger partial charge in [-0.2, -0.15) is 0 Å². The quantitative estimate of drug-likeness (QED) is 0.480. The smallest absolute Gasteiger partial charge is 0.270 e. The average Bonchev–Trinajstić information content (AvgIpc) is 2.92. The minimum Gasteiger partial charge on any atom is -0.504 e. The lowest BCUT2D eigenvalue weighted by molar-refractivity contribution is -0.113. The van der Waals surface area contributed by atoms with Gasteiger partial charge in [-0.15, -0.1) is 0 Å². The zero-order valence-corrected chi connectivity index (χ0v) is 18.8. The Kier molecular flexibility index (Phi) is 6.32. The number of anilines is 2. The molecular weight excluding hydrogens is 460 g/mol. The predicted molar refractivity (Wildman–Crippen MR) is 123 cm³/mol. The summed E-state index contributed by atoms with van der Waals surface area (Å²) in [4.78, 5) is 17.0. The largest absolute Gasteiger partial charge is 0.504 e. The molecule has 0 atom stereocenters. The van der Waals surface area contributed by atoms with E-state index in [-0.39, 0.29) is 11.7 Å². The number of halogens is 1. The van der Waals surface area contributed by atoms with Crippen molar-refractivity contribution in [1.82, 2.24) is 0 Å². The predicted octanol–water partition coefficient (Wildman–Crippen LogP) is 5.03. The fourth-order valence-electron chi connectivity index (χ4n) is 2.67. The third kappa shape index (κ3) is 4.19. The number of carbonyl (C=O) groups excluding carboxylic acids is 1. The molecule has 1 aliphatic heterocycles. The van der Waals surface area contributed by atoms with E-state index in [1.165, 1.54) is 16.7 Å². The van der Waals surface area contributed by atoms with E-state index in [0.717, 1.165) is 16.9 Å². The number of aromatic hydroxyl groups is 1. The molecule has 1 aliphatic rings. The number of phenolic OH excluding ortho intramolecular Hbond substituents is 1. The topological polar surface area (TPSA) is 53.0 Å². The van der Waals surface area contributed by atoms with Crippen molar-refractivity contribution in [2.45, 2.75) is 6.92 Å². The van der Waals surface area contributed by atoms with E-state index in [2.05, 4.69) is 15.9 Å². The number of nitrogens with zero attached hydrogens (tertiary/aromatic N) is 2. The molecule has 5 nitrogen and oxygen atoms in total. The van der Waals surface area contributed by atoms with Crippen molar-refractivity contribution < 1.29 is 14.6 Å². The maximum Gasteiger partial charge on any atom is 0.270 e. The van der Waals surface area contributed by atoms with E-state index in [9.17, 15) is 9.90 Å². The lowest BCUT2D eigenvalue weighted by atomic mass is 10.1. The fraction of sp³-hybridized carbons (Fsp3) is 0.200. The zero-order chi connectivity index (χ0) is 20.4. The first-order valence-electron chi connectivity index (χ1n) is 8.52. The summed E-state index contributed by atoms with van der Waals surface area (Å²) in [6.45, 7) is 2.27. The Morgan fingerprint density at radius 1 is 1.29 bits per heavy atom. The summed E-state index contributed by atoms with van der Waals surface area (Å²) in [7, 11) is 3.92. The molecule has 0 aromatic heterocycles. The Morgan fingerprint density at radius 2 is 1.96 bits per heavy atom. The molecular formula is C20H19BrN2O3S2. The molecule has 1 heterocycles. The molecule has 2 aromatic rings. The van der Waals surface area contributed by atoms with Gasteiger partial charge < -0.3 is 14.7 Å². The molecule has 1 N–H and O–H groups in total. The number of thiocarbonyl (C=S) groups is 1. The second kappa shape index (κ2) is 8.55. The minimum absolute atomic E-state index is 0.0411. The number of benzene rings is 2. The van der Waals surface area contributed by atoms with Crippen LogP contribution in [0, 0.1) is 0 Å². The van der Waals surface area contributed by atoms with E-state index in [0.29, 0.717) is 26.1 Å². The molecule has 1 amide bonds. The number of hydrogen-bond acceptors (Lipinski definition) is 6. The molecule has 146 valence electrons. The molecule has 0 aliphatic carbocycles. The standard InChI is InChI=1S/C20H19BrN2O3S2/c1-4-26-17-9-12(15(21)11-16(17)24)10-18-19(25)23(20(27)28-18)14-7-5-13(6-8-14)22(2)3/h5-11,24H,4H2,1-3H3. The number of hydrogen-bond donors (Lipinski definition) is 1. The Labute approximate surface area is 182 Å². The normalized spacial score (nSPS) is 15.4. The van der Waals surface area contributed by atoms with Crippen molar-refractivity contribution in [1.29, 1.82) is 0 Å². The zero-order valence-electron chi connectivity index (χ0n) is 15.6. The molecule has 28 heavy (non-hydrogen) atoms. The molecule has 0 bridgehead atoms. The molecule has 0 spiro atoms. The van der Waals surface area contributed by atoms with E-state index in [1.54, 1.807) is 18.2 Å². The maximum atomic E-state index is 13.0. The summed E-state index contributed by atoms with van der Waals surface area (Å²) in [5, 5.41) is 9.97. The van der Waals surface area contributed by atoms with E-state index in [1.807, 2.05) is 50.2 Å². The van der Waals surface area contributed by atoms with Crippen LogP contribution in [0.2, 0.25) is 0 Å². The Balaban J connectivity index is 1.92. The number of phenols is 1. The van der Waals surface area contributed by atoms with Crippen LogP contribution in [0.1, 0.15) is 12.5 Å². The summed E-state index contributed by atoms with van der Waals surface area (Å²) >= 11 is 10.1. The van der Waals surface area contributed by atoms with Gasteiger partial charge in [0.05, 0.1) is 17.2 Å². The first kappa shape index (κ1) is 20.7. The summed E-state index contributed by atoms with van der Waals surface area (Å²) in [6, 6.07) is 10.9. The highest BCUT2D eigenvalue weighted by atomic mass is 79.9. The molecule has 0 unspecified atom stereocenters. The van der Waals surface area contributed by atoms with Gasteiger partial charge in [-0.05, 0) is 55.0 Å². The van der Waals surface area contributed by atoms with Crippen LogP contribution >= 0.6 is 39.9 Å². The summed E-state index contributed by atoms with van der Waals surface area (Å²) in [6.07, 6.45) is 1.75. The van der Waals surface area contributed by atoms with Gasteiger partial charge in [-0.1, -0.05) is 39.9 Å².